The molecule has 4 N–H and O–H groups in total. The van der Waals surface area contributed by atoms with E-state index in [4.69, 9.17) is 5.11 Å². The lowest BCUT2D eigenvalue weighted by Crippen LogP contribution is -2.08. The minimum atomic E-state index is -0.917. The molecule has 0 radical (unpaired) electrons. The van der Waals surface area contributed by atoms with Gasteiger partial charge in [-0.15, -0.1) is 0 Å². The molecule has 6 heteroatoms. The molecule has 3 aromatic rings. The van der Waals surface area contributed by atoms with Gasteiger partial charge in [-0.05, 0) is 22.3 Å². The molecule has 3 rings (SSSR count). The lowest BCUT2D eigenvalue weighted by atomic mass is 9.93. The molecule has 0 unspecified atom stereocenters. The Kier molecular flexibility index (Phi) is 5.83. The number of phenolic OH excluding ortho intramolecular Hbond substituents is 3. The number of aliphatic carboxylic acids is 1. The summed E-state index contributed by atoms with van der Waals surface area (Å²) in [5.74, 6) is -2.12. The summed E-state index contributed by atoms with van der Waals surface area (Å²) in [4.78, 5) is 23.6. The van der Waals surface area contributed by atoms with Gasteiger partial charge in [0.2, 0.25) is 0 Å². The zero-order valence-corrected chi connectivity index (χ0v) is 15.5. The Balaban J connectivity index is 1.85. The van der Waals surface area contributed by atoms with Crippen LogP contribution in [0.25, 0.3) is 11.1 Å². The summed E-state index contributed by atoms with van der Waals surface area (Å²) in [6.45, 7) is 0. The molecule has 0 fully saturated rings. The molecule has 0 bridgehead atoms. The number of carbonyl (C=O) groups excluding carboxylic acids is 1. The van der Waals surface area contributed by atoms with Crippen molar-refractivity contribution >= 4 is 11.8 Å². The number of carboxylic acids is 1. The lowest BCUT2D eigenvalue weighted by Gasteiger charge is -2.12. The molecule has 0 aliphatic carbocycles. The van der Waals surface area contributed by atoms with Gasteiger partial charge in [0.1, 0.15) is 23.0 Å². The minimum Gasteiger partial charge on any atom is -0.508 e. The first-order valence-electron chi connectivity index (χ1n) is 8.98. The van der Waals surface area contributed by atoms with E-state index in [2.05, 4.69) is 0 Å². The third-order valence-electron chi connectivity index (χ3n) is 4.56. The van der Waals surface area contributed by atoms with E-state index in [9.17, 15) is 24.9 Å². The van der Waals surface area contributed by atoms with Crippen LogP contribution in [0.1, 0.15) is 16.7 Å². The van der Waals surface area contributed by atoms with Crippen molar-refractivity contribution in [2.45, 2.75) is 19.3 Å². The van der Waals surface area contributed by atoms with Gasteiger partial charge < -0.3 is 20.4 Å². The average Bonchev–Trinajstić information content (AvgIpc) is 2.65. The second kappa shape index (κ2) is 8.48. The summed E-state index contributed by atoms with van der Waals surface area (Å²) in [7, 11) is 0. The van der Waals surface area contributed by atoms with E-state index in [-0.39, 0.29) is 47.9 Å². The third kappa shape index (κ3) is 4.93. The summed E-state index contributed by atoms with van der Waals surface area (Å²) < 4.78 is 0. The molecule has 0 aliphatic heterocycles. The quantitative estimate of drug-likeness (QED) is 0.490. The summed E-state index contributed by atoms with van der Waals surface area (Å²) >= 11 is 0. The second-order valence-electron chi connectivity index (χ2n) is 6.78. The largest absolute Gasteiger partial charge is 0.508 e. The molecule has 0 amide bonds. The molecular weight excluding hydrogens is 372 g/mol. The van der Waals surface area contributed by atoms with Gasteiger partial charge in [-0.2, -0.15) is 0 Å². The van der Waals surface area contributed by atoms with Crippen LogP contribution in [0.5, 0.6) is 17.2 Å². The van der Waals surface area contributed by atoms with E-state index in [1.165, 1.54) is 0 Å². The van der Waals surface area contributed by atoms with E-state index in [0.717, 1.165) is 28.8 Å². The standard InChI is InChI=1S/C23H20O6/c24-17(11-20-21(26)12-18(25)13-22(20)27)10-16-5-1-2-7-19(16)15-6-3-4-14(8-15)9-23(28)29/h1-8,12-13,25-27H,9-11H2,(H,28,29). The highest BCUT2D eigenvalue weighted by atomic mass is 16.4. The van der Waals surface area contributed by atoms with Gasteiger partial charge in [-0.25, -0.2) is 0 Å². The Hall–Kier alpha value is -3.80. The zero-order valence-electron chi connectivity index (χ0n) is 15.5. The predicted octanol–water partition coefficient (Wildman–Crippen LogP) is 3.45. The topological polar surface area (TPSA) is 115 Å². The molecule has 6 nitrogen and oxygen atoms in total. The Labute approximate surface area is 167 Å². The highest BCUT2D eigenvalue weighted by Gasteiger charge is 2.16. The second-order valence-corrected chi connectivity index (χ2v) is 6.78. The molecule has 0 atom stereocenters. The molecule has 0 aromatic heterocycles. The van der Waals surface area contributed by atoms with Crippen LogP contribution in [-0.4, -0.2) is 32.2 Å². The first-order valence-corrected chi connectivity index (χ1v) is 8.98. The number of hydrogen-bond acceptors (Lipinski definition) is 5. The van der Waals surface area contributed by atoms with Crippen LogP contribution in [0.2, 0.25) is 0 Å². The molecule has 3 aromatic carbocycles. The molecule has 0 spiro atoms. The third-order valence-corrected chi connectivity index (χ3v) is 4.56. The van der Waals surface area contributed by atoms with Crippen LogP contribution in [0.3, 0.4) is 0 Å². The van der Waals surface area contributed by atoms with Crippen molar-refractivity contribution in [2.24, 2.45) is 0 Å². The number of carboxylic acid groups (broad SMARTS) is 1. The van der Waals surface area contributed by atoms with E-state index in [1.807, 2.05) is 30.3 Å². The van der Waals surface area contributed by atoms with Crippen LogP contribution in [0.15, 0.2) is 60.7 Å². The van der Waals surface area contributed by atoms with Crippen molar-refractivity contribution in [1.29, 1.82) is 0 Å². The van der Waals surface area contributed by atoms with Gasteiger partial charge in [0, 0.05) is 30.5 Å². The Morgan fingerprint density at radius 2 is 1.45 bits per heavy atom. The SMILES string of the molecule is O=C(O)Cc1cccc(-c2ccccc2CC(=O)Cc2c(O)cc(O)cc2O)c1. The van der Waals surface area contributed by atoms with Gasteiger partial charge in [0.05, 0.1) is 6.42 Å². The maximum atomic E-state index is 12.6. The van der Waals surface area contributed by atoms with Crippen LogP contribution in [0, 0.1) is 0 Å². The van der Waals surface area contributed by atoms with Gasteiger partial charge >= 0.3 is 5.97 Å². The Morgan fingerprint density at radius 3 is 2.14 bits per heavy atom. The van der Waals surface area contributed by atoms with Gasteiger partial charge in [0.15, 0.2) is 0 Å². The van der Waals surface area contributed by atoms with Crippen molar-refractivity contribution in [3.8, 4) is 28.4 Å². The summed E-state index contributed by atoms with van der Waals surface area (Å²) in [6, 6.07) is 16.6. The first-order chi connectivity index (χ1) is 13.8. The number of phenols is 3. The number of benzene rings is 3. The van der Waals surface area contributed by atoms with Crippen LogP contribution >= 0.6 is 0 Å². The van der Waals surface area contributed by atoms with Crippen molar-refractivity contribution in [1.82, 2.24) is 0 Å². The summed E-state index contributed by atoms with van der Waals surface area (Å²) in [6.07, 6.45) is -0.210. The molecule has 0 saturated carbocycles. The number of ketones is 1. The first kappa shape index (κ1) is 19.9. The Bertz CT molecular complexity index is 1050. The predicted molar refractivity (Wildman–Crippen MR) is 107 cm³/mol. The van der Waals surface area contributed by atoms with Crippen LogP contribution in [-0.2, 0) is 28.9 Å². The number of hydrogen-bond donors (Lipinski definition) is 4. The summed E-state index contributed by atoms with van der Waals surface area (Å²) in [5, 5.41) is 38.2. The minimum absolute atomic E-state index is 0.0636. The number of aromatic hydroxyl groups is 3. The van der Waals surface area contributed by atoms with Crippen molar-refractivity contribution < 1.29 is 30.0 Å². The van der Waals surface area contributed by atoms with Crippen LogP contribution < -0.4 is 0 Å². The monoisotopic (exact) mass is 392 g/mol. The number of carbonyl (C=O) groups is 2. The van der Waals surface area contributed by atoms with Gasteiger partial charge in [-0.3, -0.25) is 9.59 Å². The normalized spacial score (nSPS) is 10.6. The van der Waals surface area contributed by atoms with E-state index >= 15 is 0 Å². The molecule has 29 heavy (non-hydrogen) atoms. The summed E-state index contributed by atoms with van der Waals surface area (Å²) in [5.41, 5.74) is 3.10. The zero-order chi connectivity index (χ0) is 21.0. The molecule has 148 valence electrons. The lowest BCUT2D eigenvalue weighted by molar-refractivity contribution is -0.136. The molecule has 0 aliphatic rings. The maximum absolute atomic E-state index is 12.6. The highest BCUT2D eigenvalue weighted by molar-refractivity contribution is 5.86. The fraction of sp³-hybridized carbons (Fsp3) is 0.130. The molecular formula is C23H20O6. The van der Waals surface area contributed by atoms with Crippen molar-refractivity contribution in [2.75, 3.05) is 0 Å². The van der Waals surface area contributed by atoms with Gasteiger partial charge in [-0.1, -0.05) is 48.5 Å². The fourth-order valence-electron chi connectivity index (χ4n) is 3.26. The van der Waals surface area contributed by atoms with E-state index in [1.54, 1.807) is 18.2 Å². The smallest absolute Gasteiger partial charge is 0.307 e. The highest BCUT2D eigenvalue weighted by Crippen LogP contribution is 2.33. The fourth-order valence-corrected chi connectivity index (χ4v) is 3.26. The van der Waals surface area contributed by atoms with E-state index < -0.39 is 5.97 Å². The Morgan fingerprint density at radius 1 is 0.759 bits per heavy atom. The maximum Gasteiger partial charge on any atom is 0.307 e. The van der Waals surface area contributed by atoms with Crippen LogP contribution in [0.4, 0.5) is 0 Å². The number of Topliss-reactive ketones (excluding diaryl/α,β-unsaturated/α-hetero) is 1. The molecule has 0 saturated heterocycles. The number of rotatable bonds is 7. The van der Waals surface area contributed by atoms with Crippen molar-refractivity contribution in [3.63, 3.8) is 0 Å². The molecule has 0 heterocycles. The van der Waals surface area contributed by atoms with Crippen molar-refractivity contribution in [3.05, 3.63) is 77.4 Å². The van der Waals surface area contributed by atoms with E-state index in [0.29, 0.717) is 5.56 Å². The average molecular weight is 392 g/mol. The van der Waals surface area contributed by atoms with Gasteiger partial charge in [0.25, 0.3) is 0 Å².